The third kappa shape index (κ3) is 1.10. The van der Waals surface area contributed by atoms with Crippen molar-refractivity contribution in [3.8, 4) is 0 Å². The lowest BCUT2D eigenvalue weighted by atomic mass is 10.0. The van der Waals surface area contributed by atoms with Crippen molar-refractivity contribution in [2.24, 2.45) is 4.99 Å². The average Bonchev–Trinajstić information content (AvgIpc) is 2.30. The van der Waals surface area contributed by atoms with E-state index < -0.39 is 5.97 Å². The fraction of sp³-hybridized carbons (Fsp3) is 0. The number of rotatable bonds is 1. The van der Waals surface area contributed by atoms with Crippen molar-refractivity contribution in [1.82, 2.24) is 0 Å². The molecular weight excluding hydrogens is 204 g/mol. The predicted molar refractivity (Wildman–Crippen MR) is 62.7 cm³/mol. The Morgan fingerprint density at radius 1 is 1.25 bits per heavy atom. The van der Waals surface area contributed by atoms with Gasteiger partial charge >= 0.3 is 5.97 Å². The lowest BCUT2D eigenvalue weighted by Gasteiger charge is -2.14. The maximum Gasteiger partial charge on any atom is 0.336 e. The third-order valence-corrected chi connectivity index (χ3v) is 2.67. The number of aliphatic imine (C=N–C) groups is 1. The molecule has 0 aliphatic carbocycles. The largest absolute Gasteiger partial charge is 0.478 e. The van der Waals surface area contributed by atoms with E-state index in [1.54, 1.807) is 24.5 Å². The lowest BCUT2D eigenvalue weighted by Crippen LogP contribution is -2.03. The van der Waals surface area contributed by atoms with Crippen LogP contribution < -0.4 is 5.32 Å². The summed E-state index contributed by atoms with van der Waals surface area (Å²) in [5.41, 5.74) is 2.00. The Morgan fingerprint density at radius 3 is 2.94 bits per heavy atom. The van der Waals surface area contributed by atoms with Crippen LogP contribution in [-0.2, 0) is 0 Å². The molecule has 0 amide bonds. The van der Waals surface area contributed by atoms with Gasteiger partial charge in [-0.1, -0.05) is 12.1 Å². The highest BCUT2D eigenvalue weighted by molar-refractivity contribution is 6.14. The summed E-state index contributed by atoms with van der Waals surface area (Å²) in [6, 6.07) is 8.86. The first kappa shape index (κ1) is 8.91. The molecule has 0 radical (unpaired) electrons. The van der Waals surface area contributed by atoms with E-state index in [1.807, 2.05) is 12.1 Å². The van der Waals surface area contributed by atoms with Crippen molar-refractivity contribution in [2.45, 2.75) is 0 Å². The molecule has 2 aromatic carbocycles. The van der Waals surface area contributed by atoms with Crippen molar-refractivity contribution in [3.63, 3.8) is 0 Å². The molecule has 4 nitrogen and oxygen atoms in total. The molecule has 1 aliphatic rings. The number of carboxylic acids is 1. The quantitative estimate of drug-likeness (QED) is 0.763. The Bertz CT molecular complexity index is 632. The van der Waals surface area contributed by atoms with E-state index in [1.165, 1.54) is 0 Å². The molecule has 0 fully saturated rings. The molecule has 0 saturated carbocycles. The highest BCUT2D eigenvalue weighted by atomic mass is 16.4. The zero-order valence-corrected chi connectivity index (χ0v) is 8.27. The van der Waals surface area contributed by atoms with Gasteiger partial charge < -0.3 is 10.4 Å². The van der Waals surface area contributed by atoms with Gasteiger partial charge in [-0.05, 0) is 18.2 Å². The van der Waals surface area contributed by atoms with E-state index in [2.05, 4.69) is 10.3 Å². The summed E-state index contributed by atoms with van der Waals surface area (Å²) in [6.07, 6.45) is 1.61. The zero-order valence-electron chi connectivity index (χ0n) is 8.27. The highest BCUT2D eigenvalue weighted by Gasteiger charge is 2.14. The number of aromatic carboxylic acids is 1. The van der Waals surface area contributed by atoms with Gasteiger partial charge in [0.1, 0.15) is 0 Å². The smallest absolute Gasteiger partial charge is 0.336 e. The van der Waals surface area contributed by atoms with Gasteiger partial charge in [-0.15, -0.1) is 0 Å². The molecule has 2 N–H and O–H groups in total. The number of nitrogens with zero attached hydrogens (tertiary/aromatic N) is 1. The molecule has 0 aromatic heterocycles. The summed E-state index contributed by atoms with van der Waals surface area (Å²) < 4.78 is 0. The van der Waals surface area contributed by atoms with Gasteiger partial charge in [0, 0.05) is 16.5 Å². The molecule has 3 rings (SSSR count). The Labute approximate surface area is 91.2 Å². The van der Waals surface area contributed by atoms with E-state index in [0.29, 0.717) is 10.9 Å². The van der Waals surface area contributed by atoms with Gasteiger partial charge in [-0.25, -0.2) is 9.79 Å². The summed E-state index contributed by atoms with van der Waals surface area (Å²) in [6.45, 7) is 0. The number of hydrogen-bond donors (Lipinski definition) is 2. The second kappa shape index (κ2) is 3.06. The number of carboxylic acid groups (broad SMARTS) is 1. The first-order chi connectivity index (χ1) is 7.77. The molecule has 2 aromatic rings. The summed E-state index contributed by atoms with van der Waals surface area (Å²) in [5, 5.41) is 13.7. The molecule has 1 aliphatic heterocycles. The van der Waals surface area contributed by atoms with Crippen LogP contribution in [0.15, 0.2) is 35.3 Å². The zero-order chi connectivity index (χ0) is 11.1. The van der Waals surface area contributed by atoms with Gasteiger partial charge in [0.25, 0.3) is 0 Å². The van der Waals surface area contributed by atoms with Crippen molar-refractivity contribution < 1.29 is 9.90 Å². The first-order valence-corrected chi connectivity index (χ1v) is 4.85. The van der Waals surface area contributed by atoms with Gasteiger partial charge in [0.15, 0.2) is 0 Å². The highest BCUT2D eigenvalue weighted by Crippen LogP contribution is 2.36. The van der Waals surface area contributed by atoms with Crippen LogP contribution in [-0.4, -0.2) is 17.4 Å². The maximum atomic E-state index is 11.1. The standard InChI is InChI=1S/C12H8N2O2/c15-12(16)8-4-5-10-11-7(8)2-1-3-9(11)13-6-14-10/h1-6H,(H,13,14)(H,15,16). The molecule has 4 heteroatoms. The summed E-state index contributed by atoms with van der Waals surface area (Å²) in [5.74, 6) is -0.918. The second-order valence-electron chi connectivity index (χ2n) is 3.57. The second-order valence-corrected chi connectivity index (χ2v) is 3.57. The molecule has 78 valence electrons. The fourth-order valence-electron chi connectivity index (χ4n) is 1.97. The maximum absolute atomic E-state index is 11.1. The fourth-order valence-corrected chi connectivity index (χ4v) is 1.97. The van der Waals surface area contributed by atoms with Crippen molar-refractivity contribution in [2.75, 3.05) is 5.32 Å². The van der Waals surface area contributed by atoms with E-state index >= 15 is 0 Å². The van der Waals surface area contributed by atoms with Crippen molar-refractivity contribution >= 4 is 34.5 Å². The predicted octanol–water partition coefficient (Wildman–Crippen LogP) is 2.62. The number of anilines is 1. The monoisotopic (exact) mass is 212 g/mol. The topological polar surface area (TPSA) is 61.7 Å². The Balaban J connectivity index is 2.49. The van der Waals surface area contributed by atoms with Crippen LogP contribution in [0.2, 0.25) is 0 Å². The van der Waals surface area contributed by atoms with E-state index in [4.69, 9.17) is 5.11 Å². The molecule has 0 saturated heterocycles. The molecule has 0 unspecified atom stereocenters. The minimum Gasteiger partial charge on any atom is -0.478 e. The molecule has 16 heavy (non-hydrogen) atoms. The van der Waals surface area contributed by atoms with Crippen LogP contribution in [0.25, 0.3) is 10.8 Å². The molecular formula is C12H8N2O2. The Morgan fingerprint density at radius 2 is 2.12 bits per heavy atom. The van der Waals surface area contributed by atoms with Crippen LogP contribution in [0.5, 0.6) is 0 Å². The minimum absolute atomic E-state index is 0.305. The summed E-state index contributed by atoms with van der Waals surface area (Å²) in [4.78, 5) is 15.3. The molecule has 0 bridgehead atoms. The summed E-state index contributed by atoms with van der Waals surface area (Å²) in [7, 11) is 0. The van der Waals surface area contributed by atoms with Crippen LogP contribution in [0.4, 0.5) is 11.4 Å². The van der Waals surface area contributed by atoms with Crippen LogP contribution in [0.1, 0.15) is 10.4 Å². The molecule has 1 heterocycles. The first-order valence-electron chi connectivity index (χ1n) is 4.85. The number of carbonyl (C=O) groups is 1. The normalized spacial score (nSPS) is 12.5. The van der Waals surface area contributed by atoms with Gasteiger partial charge in [0.2, 0.25) is 0 Å². The molecule has 0 atom stereocenters. The summed E-state index contributed by atoms with van der Waals surface area (Å²) >= 11 is 0. The van der Waals surface area contributed by atoms with Crippen LogP contribution >= 0.6 is 0 Å². The van der Waals surface area contributed by atoms with Gasteiger partial charge in [-0.3, -0.25) is 0 Å². The van der Waals surface area contributed by atoms with Gasteiger partial charge in [0.05, 0.1) is 17.6 Å². The van der Waals surface area contributed by atoms with Crippen LogP contribution in [0, 0.1) is 0 Å². The lowest BCUT2D eigenvalue weighted by molar-refractivity contribution is 0.0699. The number of benzene rings is 2. The van der Waals surface area contributed by atoms with E-state index in [9.17, 15) is 4.79 Å². The van der Waals surface area contributed by atoms with Crippen molar-refractivity contribution in [1.29, 1.82) is 0 Å². The minimum atomic E-state index is -0.918. The Hall–Kier alpha value is -2.36. The molecule has 0 spiro atoms. The number of hydrogen-bond acceptors (Lipinski definition) is 3. The van der Waals surface area contributed by atoms with Crippen molar-refractivity contribution in [3.05, 3.63) is 35.9 Å². The third-order valence-electron chi connectivity index (χ3n) is 2.67. The van der Waals surface area contributed by atoms with E-state index in [-0.39, 0.29) is 0 Å². The average molecular weight is 212 g/mol. The van der Waals surface area contributed by atoms with Gasteiger partial charge in [-0.2, -0.15) is 0 Å². The van der Waals surface area contributed by atoms with E-state index in [0.717, 1.165) is 16.8 Å². The Kier molecular flexibility index (Phi) is 1.71. The number of nitrogens with one attached hydrogen (secondary N) is 1. The van der Waals surface area contributed by atoms with Crippen LogP contribution in [0.3, 0.4) is 0 Å². The SMILES string of the molecule is O=C(O)c1ccc2c3c(cccc13)NC=N2.